The third kappa shape index (κ3) is 4.54. The molecule has 6 nitrogen and oxygen atoms in total. The van der Waals surface area contributed by atoms with Gasteiger partial charge in [0.15, 0.2) is 0 Å². The fraction of sp³-hybridized carbons (Fsp3) is 0.241. The quantitative estimate of drug-likeness (QED) is 0.277. The van der Waals surface area contributed by atoms with Crippen LogP contribution in [0.15, 0.2) is 90.6 Å². The molecule has 1 fully saturated rings. The number of likely N-dealkylation sites (tertiary alicyclic amines) is 1. The van der Waals surface area contributed by atoms with Gasteiger partial charge >= 0.3 is 0 Å². The van der Waals surface area contributed by atoms with E-state index in [0.717, 1.165) is 65.6 Å². The molecule has 1 amide bonds. The van der Waals surface area contributed by atoms with Gasteiger partial charge in [-0.05, 0) is 66.6 Å². The van der Waals surface area contributed by atoms with Crippen molar-refractivity contribution in [2.75, 3.05) is 13.1 Å². The molecule has 0 aliphatic carbocycles. The van der Waals surface area contributed by atoms with Gasteiger partial charge in [0.2, 0.25) is 0 Å². The highest BCUT2D eigenvalue weighted by atomic mass is 32.1. The predicted molar refractivity (Wildman–Crippen MR) is 143 cm³/mol. The second-order valence-electron chi connectivity index (χ2n) is 9.19. The Morgan fingerprint density at radius 2 is 1.69 bits per heavy atom. The molecular weight excluding hydrogens is 468 g/mol. The second-order valence-corrected chi connectivity index (χ2v) is 10.1. The van der Waals surface area contributed by atoms with Crippen LogP contribution in [0.4, 0.5) is 0 Å². The molecule has 4 heterocycles. The fourth-order valence-corrected chi connectivity index (χ4v) is 5.84. The average Bonchev–Trinajstić information content (AvgIpc) is 3.68. The Bertz CT molecular complexity index is 1450. The number of aromatic nitrogens is 3. The molecule has 0 bridgehead atoms. The maximum Gasteiger partial charge on any atom is 0.256 e. The van der Waals surface area contributed by atoms with Gasteiger partial charge in [0.25, 0.3) is 5.91 Å². The first-order chi connectivity index (χ1) is 17.8. The molecule has 2 aromatic carbocycles. The van der Waals surface area contributed by atoms with E-state index >= 15 is 0 Å². The van der Waals surface area contributed by atoms with E-state index in [1.165, 1.54) is 0 Å². The summed E-state index contributed by atoms with van der Waals surface area (Å²) in [6.45, 7) is 2.85. The molecule has 182 valence electrons. The standard InChI is InChI=1S/C29H28N4O2S/c34-28(24-14-19-36-29(24)32-15-6-7-16-32)31-17-12-22(13-18-31)20-33-26-11-5-4-10-25(26)30-27(33)21-35-23-8-2-1-3-9-23/h1-11,14-16,19,22H,12-13,17-18,20-21H2. The number of nitrogens with zero attached hydrogens (tertiary/aromatic N) is 4. The third-order valence-corrected chi connectivity index (χ3v) is 7.83. The van der Waals surface area contributed by atoms with Gasteiger partial charge in [-0.15, -0.1) is 11.3 Å². The van der Waals surface area contributed by atoms with Crippen LogP contribution in [0.3, 0.4) is 0 Å². The number of hydrogen-bond acceptors (Lipinski definition) is 4. The molecule has 0 radical (unpaired) electrons. The molecule has 5 aromatic rings. The molecule has 0 spiro atoms. The number of imidazole rings is 1. The van der Waals surface area contributed by atoms with E-state index in [-0.39, 0.29) is 5.91 Å². The van der Waals surface area contributed by atoms with Gasteiger partial charge in [-0.25, -0.2) is 4.98 Å². The van der Waals surface area contributed by atoms with Crippen LogP contribution in [-0.4, -0.2) is 38.0 Å². The number of carbonyl (C=O) groups is 1. The number of carbonyl (C=O) groups excluding carboxylic acids is 1. The lowest BCUT2D eigenvalue weighted by Crippen LogP contribution is -2.39. The first-order valence-corrected chi connectivity index (χ1v) is 13.3. The average molecular weight is 497 g/mol. The number of thiophene rings is 1. The smallest absolute Gasteiger partial charge is 0.256 e. The summed E-state index contributed by atoms with van der Waals surface area (Å²) in [6.07, 6.45) is 5.92. The maximum atomic E-state index is 13.3. The number of amides is 1. The largest absolute Gasteiger partial charge is 0.486 e. The van der Waals surface area contributed by atoms with Crippen molar-refractivity contribution in [3.63, 3.8) is 0 Å². The van der Waals surface area contributed by atoms with Crippen LogP contribution in [0.2, 0.25) is 0 Å². The first-order valence-electron chi connectivity index (χ1n) is 12.4. The summed E-state index contributed by atoms with van der Waals surface area (Å²) in [6, 6.07) is 24.1. The summed E-state index contributed by atoms with van der Waals surface area (Å²) in [5.41, 5.74) is 2.92. The van der Waals surface area contributed by atoms with Gasteiger partial charge in [-0.3, -0.25) is 4.79 Å². The molecule has 0 atom stereocenters. The number of benzene rings is 2. The lowest BCUT2D eigenvalue weighted by molar-refractivity contribution is 0.0683. The van der Waals surface area contributed by atoms with Crippen molar-refractivity contribution < 1.29 is 9.53 Å². The lowest BCUT2D eigenvalue weighted by atomic mass is 9.96. The Morgan fingerprint density at radius 3 is 2.50 bits per heavy atom. The Labute approximate surface area is 214 Å². The number of ether oxygens (including phenoxy) is 1. The maximum absolute atomic E-state index is 13.3. The minimum absolute atomic E-state index is 0.128. The van der Waals surface area contributed by atoms with E-state index in [9.17, 15) is 4.79 Å². The number of hydrogen-bond donors (Lipinski definition) is 0. The minimum Gasteiger partial charge on any atom is -0.486 e. The third-order valence-electron chi connectivity index (χ3n) is 6.90. The van der Waals surface area contributed by atoms with Crippen LogP contribution in [0, 0.1) is 5.92 Å². The SMILES string of the molecule is O=C(c1ccsc1-n1cccc1)N1CCC(Cn2c(COc3ccccc3)nc3ccccc32)CC1. The number of piperidine rings is 1. The molecule has 1 aliphatic heterocycles. The first kappa shape index (κ1) is 22.6. The van der Waals surface area contributed by atoms with Crippen molar-refractivity contribution in [1.82, 2.24) is 19.0 Å². The molecule has 0 saturated carbocycles. The van der Waals surface area contributed by atoms with Crippen molar-refractivity contribution >= 4 is 28.3 Å². The van der Waals surface area contributed by atoms with E-state index in [4.69, 9.17) is 9.72 Å². The molecule has 3 aromatic heterocycles. The van der Waals surface area contributed by atoms with Crippen LogP contribution in [0.25, 0.3) is 16.0 Å². The molecule has 6 rings (SSSR count). The van der Waals surface area contributed by atoms with E-state index in [1.54, 1.807) is 11.3 Å². The van der Waals surface area contributed by atoms with Crippen LogP contribution >= 0.6 is 11.3 Å². The molecular formula is C29H28N4O2S. The number of fused-ring (bicyclic) bond motifs is 1. The second kappa shape index (κ2) is 10.0. The molecule has 7 heteroatoms. The van der Waals surface area contributed by atoms with Crippen LogP contribution < -0.4 is 4.74 Å². The number of rotatable bonds is 7. The zero-order valence-electron chi connectivity index (χ0n) is 20.0. The Balaban J connectivity index is 1.14. The van der Waals surface area contributed by atoms with Gasteiger partial charge in [0.1, 0.15) is 23.2 Å². The monoisotopic (exact) mass is 496 g/mol. The molecule has 0 N–H and O–H groups in total. The minimum atomic E-state index is 0.128. The normalized spacial score (nSPS) is 14.4. The Morgan fingerprint density at radius 1 is 0.944 bits per heavy atom. The van der Waals surface area contributed by atoms with E-state index < -0.39 is 0 Å². The highest BCUT2D eigenvalue weighted by molar-refractivity contribution is 7.13. The van der Waals surface area contributed by atoms with Gasteiger partial charge in [-0.2, -0.15) is 0 Å². The summed E-state index contributed by atoms with van der Waals surface area (Å²) in [4.78, 5) is 20.2. The van der Waals surface area contributed by atoms with E-state index in [2.05, 4.69) is 22.8 Å². The van der Waals surface area contributed by atoms with Crippen molar-refractivity contribution in [1.29, 1.82) is 0 Å². The fourth-order valence-electron chi connectivity index (χ4n) is 4.98. The van der Waals surface area contributed by atoms with Gasteiger partial charge in [0.05, 0.1) is 16.6 Å². The topological polar surface area (TPSA) is 52.3 Å². The van der Waals surface area contributed by atoms with Crippen molar-refractivity contribution in [2.24, 2.45) is 5.92 Å². The van der Waals surface area contributed by atoms with Crippen molar-refractivity contribution in [2.45, 2.75) is 26.0 Å². The van der Waals surface area contributed by atoms with Gasteiger partial charge in [-0.1, -0.05) is 30.3 Å². The highest BCUT2D eigenvalue weighted by Crippen LogP contribution is 2.28. The zero-order chi connectivity index (χ0) is 24.3. The lowest BCUT2D eigenvalue weighted by Gasteiger charge is -2.32. The Hall–Kier alpha value is -3.84. The van der Waals surface area contributed by atoms with Crippen LogP contribution in [0.5, 0.6) is 5.75 Å². The Kier molecular flexibility index (Phi) is 6.30. The molecule has 36 heavy (non-hydrogen) atoms. The molecule has 1 aliphatic rings. The molecule has 0 unspecified atom stereocenters. The summed E-state index contributed by atoms with van der Waals surface area (Å²) in [5, 5.41) is 2.98. The van der Waals surface area contributed by atoms with E-state index in [1.807, 2.05) is 81.8 Å². The van der Waals surface area contributed by atoms with Gasteiger partial charge < -0.3 is 18.8 Å². The highest BCUT2D eigenvalue weighted by Gasteiger charge is 2.27. The van der Waals surface area contributed by atoms with Crippen molar-refractivity contribution in [3.8, 4) is 10.8 Å². The summed E-state index contributed by atoms with van der Waals surface area (Å²) in [7, 11) is 0. The van der Waals surface area contributed by atoms with Crippen LogP contribution in [-0.2, 0) is 13.2 Å². The number of para-hydroxylation sites is 3. The summed E-state index contributed by atoms with van der Waals surface area (Å²) in [5.74, 6) is 2.39. The summed E-state index contributed by atoms with van der Waals surface area (Å²) >= 11 is 1.60. The molecule has 1 saturated heterocycles. The van der Waals surface area contributed by atoms with Crippen molar-refractivity contribution in [3.05, 3.63) is 102 Å². The summed E-state index contributed by atoms with van der Waals surface area (Å²) < 4.78 is 10.4. The predicted octanol–water partition coefficient (Wildman–Crippen LogP) is 6.02. The zero-order valence-corrected chi connectivity index (χ0v) is 20.8. The van der Waals surface area contributed by atoms with Gasteiger partial charge in [0, 0.05) is 32.0 Å². The van der Waals surface area contributed by atoms with Crippen LogP contribution in [0.1, 0.15) is 29.0 Å². The van der Waals surface area contributed by atoms with E-state index in [0.29, 0.717) is 12.5 Å².